The summed E-state index contributed by atoms with van der Waals surface area (Å²) < 4.78 is 1.43. The second-order valence-corrected chi connectivity index (χ2v) is 7.25. The summed E-state index contributed by atoms with van der Waals surface area (Å²) in [5, 5.41) is 17.1. The molecule has 0 atom stereocenters. The zero-order valence-electron chi connectivity index (χ0n) is 12.0. The molecule has 0 saturated carbocycles. The van der Waals surface area contributed by atoms with Gasteiger partial charge in [-0.3, -0.25) is 4.79 Å². The maximum Gasteiger partial charge on any atom is 0.297 e. The number of rotatable bonds is 1. The Morgan fingerprint density at radius 3 is 2.60 bits per heavy atom. The van der Waals surface area contributed by atoms with Crippen LogP contribution in [0.4, 0.5) is 0 Å². The summed E-state index contributed by atoms with van der Waals surface area (Å²) in [4.78, 5) is 13.1. The number of hydrogen-bond acceptors (Lipinski definition) is 6. The van der Waals surface area contributed by atoms with Crippen LogP contribution >= 0.6 is 11.3 Å². The quantitative estimate of drug-likeness (QED) is 0.858. The first kappa shape index (κ1) is 13.6. The predicted molar refractivity (Wildman–Crippen MR) is 78.5 cm³/mol. The van der Waals surface area contributed by atoms with Crippen LogP contribution in [-0.4, -0.2) is 32.9 Å². The van der Waals surface area contributed by atoms with Gasteiger partial charge < -0.3 is 5.32 Å². The highest BCUT2D eigenvalue weighted by atomic mass is 32.1. The molecule has 2 aromatic rings. The molecule has 2 aromatic heterocycles. The van der Waals surface area contributed by atoms with Gasteiger partial charge in [-0.1, -0.05) is 32.1 Å². The lowest BCUT2D eigenvalue weighted by atomic mass is 9.93. The number of nitrogens with zero attached hydrogens (tertiary/aromatic N) is 4. The molecule has 3 rings (SSSR count). The van der Waals surface area contributed by atoms with Crippen LogP contribution in [0.3, 0.4) is 0 Å². The van der Waals surface area contributed by atoms with Crippen molar-refractivity contribution in [3.8, 4) is 0 Å². The highest BCUT2D eigenvalue weighted by Crippen LogP contribution is 2.28. The first-order valence-electron chi connectivity index (χ1n) is 6.94. The molecule has 1 fully saturated rings. The van der Waals surface area contributed by atoms with Crippen molar-refractivity contribution in [1.29, 1.82) is 0 Å². The molecular weight excluding hydrogens is 274 g/mol. The van der Waals surface area contributed by atoms with Crippen LogP contribution in [0.15, 0.2) is 4.79 Å². The molecule has 1 aliphatic heterocycles. The maximum atomic E-state index is 12.5. The van der Waals surface area contributed by atoms with Crippen molar-refractivity contribution in [2.45, 2.75) is 44.9 Å². The van der Waals surface area contributed by atoms with Gasteiger partial charge in [-0.2, -0.15) is 9.61 Å². The highest BCUT2D eigenvalue weighted by Gasteiger charge is 2.25. The van der Waals surface area contributed by atoms with E-state index in [9.17, 15) is 4.79 Å². The summed E-state index contributed by atoms with van der Waals surface area (Å²) in [7, 11) is 0. The minimum absolute atomic E-state index is 0.140. The molecule has 20 heavy (non-hydrogen) atoms. The lowest BCUT2D eigenvalue weighted by Gasteiger charge is -2.19. The zero-order chi connectivity index (χ0) is 14.3. The normalized spacial score (nSPS) is 17.8. The SMILES string of the molecule is CC(C)(C)c1nnc2sc(C3CCNCC3)nn2c1=O. The molecule has 6 nitrogen and oxygen atoms in total. The van der Waals surface area contributed by atoms with Crippen LogP contribution in [0, 0.1) is 0 Å². The van der Waals surface area contributed by atoms with Gasteiger partial charge in [-0.05, 0) is 25.9 Å². The van der Waals surface area contributed by atoms with Gasteiger partial charge in [0, 0.05) is 11.3 Å². The standard InChI is InChI=1S/C13H19N5OS/c1-13(2,3)9-11(19)18-12(16-15-9)20-10(17-18)8-4-6-14-7-5-8/h8,14H,4-7H2,1-3H3. The second-order valence-electron chi connectivity index (χ2n) is 6.26. The lowest BCUT2D eigenvalue weighted by molar-refractivity contribution is 0.455. The van der Waals surface area contributed by atoms with E-state index in [1.54, 1.807) is 0 Å². The Morgan fingerprint density at radius 1 is 1.25 bits per heavy atom. The van der Waals surface area contributed by atoms with Crippen molar-refractivity contribution < 1.29 is 0 Å². The zero-order valence-corrected chi connectivity index (χ0v) is 12.8. The molecule has 0 bridgehead atoms. The molecule has 1 N–H and O–H groups in total. The molecule has 0 radical (unpaired) electrons. The topological polar surface area (TPSA) is 72.2 Å². The smallest absolute Gasteiger partial charge is 0.297 e. The highest BCUT2D eigenvalue weighted by molar-refractivity contribution is 7.16. The van der Waals surface area contributed by atoms with E-state index in [1.807, 2.05) is 20.8 Å². The molecule has 0 aliphatic carbocycles. The summed E-state index contributed by atoms with van der Waals surface area (Å²) in [5.74, 6) is 0.431. The molecule has 1 aliphatic rings. The second kappa shape index (κ2) is 4.89. The van der Waals surface area contributed by atoms with Crippen LogP contribution in [0.25, 0.3) is 4.96 Å². The average molecular weight is 293 g/mol. The van der Waals surface area contributed by atoms with E-state index in [1.165, 1.54) is 15.9 Å². The van der Waals surface area contributed by atoms with Gasteiger partial charge in [0.05, 0.1) is 0 Å². The number of hydrogen-bond donors (Lipinski definition) is 1. The third kappa shape index (κ3) is 2.35. The lowest BCUT2D eigenvalue weighted by Crippen LogP contribution is -2.30. The van der Waals surface area contributed by atoms with Crippen LogP contribution in [-0.2, 0) is 5.41 Å². The van der Waals surface area contributed by atoms with Crippen LogP contribution < -0.4 is 10.9 Å². The van der Waals surface area contributed by atoms with E-state index in [2.05, 4.69) is 20.6 Å². The molecular formula is C13H19N5OS. The van der Waals surface area contributed by atoms with Gasteiger partial charge in [0.1, 0.15) is 10.7 Å². The number of fused-ring (bicyclic) bond motifs is 1. The largest absolute Gasteiger partial charge is 0.317 e. The summed E-state index contributed by atoms with van der Waals surface area (Å²) in [6, 6.07) is 0. The van der Waals surface area contributed by atoms with E-state index in [0.717, 1.165) is 30.9 Å². The average Bonchev–Trinajstić information content (AvgIpc) is 2.83. The molecule has 0 aromatic carbocycles. The number of aromatic nitrogens is 4. The molecule has 0 amide bonds. The van der Waals surface area contributed by atoms with Crippen molar-refractivity contribution in [3.05, 3.63) is 21.1 Å². The van der Waals surface area contributed by atoms with Gasteiger partial charge >= 0.3 is 0 Å². The van der Waals surface area contributed by atoms with E-state index < -0.39 is 0 Å². The van der Waals surface area contributed by atoms with Gasteiger partial charge in [0.2, 0.25) is 4.96 Å². The fourth-order valence-corrected chi connectivity index (χ4v) is 3.44. The van der Waals surface area contributed by atoms with Crippen molar-refractivity contribution in [1.82, 2.24) is 25.1 Å². The molecule has 7 heteroatoms. The van der Waals surface area contributed by atoms with Gasteiger partial charge in [0.25, 0.3) is 5.56 Å². The Bertz CT molecular complexity index is 678. The fourth-order valence-electron chi connectivity index (χ4n) is 2.43. The van der Waals surface area contributed by atoms with Crippen molar-refractivity contribution >= 4 is 16.3 Å². The Labute approximate surface area is 121 Å². The van der Waals surface area contributed by atoms with E-state index in [0.29, 0.717) is 16.6 Å². The monoisotopic (exact) mass is 293 g/mol. The van der Waals surface area contributed by atoms with Gasteiger partial charge in [-0.25, -0.2) is 0 Å². The summed E-state index contributed by atoms with van der Waals surface area (Å²) >= 11 is 1.49. The van der Waals surface area contributed by atoms with Gasteiger partial charge in [-0.15, -0.1) is 10.2 Å². The first-order valence-corrected chi connectivity index (χ1v) is 7.76. The van der Waals surface area contributed by atoms with E-state index >= 15 is 0 Å². The minimum Gasteiger partial charge on any atom is -0.317 e. The Morgan fingerprint density at radius 2 is 1.95 bits per heavy atom. The van der Waals surface area contributed by atoms with E-state index in [-0.39, 0.29) is 11.0 Å². The van der Waals surface area contributed by atoms with E-state index in [4.69, 9.17) is 0 Å². The number of piperidine rings is 1. The van der Waals surface area contributed by atoms with Crippen molar-refractivity contribution in [3.63, 3.8) is 0 Å². The van der Waals surface area contributed by atoms with Crippen LogP contribution in [0.1, 0.15) is 50.2 Å². The number of nitrogens with one attached hydrogen (secondary N) is 1. The summed E-state index contributed by atoms with van der Waals surface area (Å²) in [5.41, 5.74) is 0.0141. The summed E-state index contributed by atoms with van der Waals surface area (Å²) in [6.45, 7) is 7.91. The van der Waals surface area contributed by atoms with Crippen LogP contribution in [0.2, 0.25) is 0 Å². The Balaban J connectivity index is 2.07. The predicted octanol–water partition coefficient (Wildman–Crippen LogP) is 1.31. The van der Waals surface area contributed by atoms with Crippen molar-refractivity contribution in [2.24, 2.45) is 0 Å². The molecule has 108 valence electrons. The van der Waals surface area contributed by atoms with Crippen molar-refractivity contribution in [2.75, 3.05) is 13.1 Å². The molecule has 1 saturated heterocycles. The molecule has 3 heterocycles. The third-order valence-corrected chi connectivity index (χ3v) is 4.67. The summed E-state index contributed by atoms with van der Waals surface area (Å²) in [6.07, 6.45) is 2.13. The Hall–Kier alpha value is -1.34. The molecule has 0 spiro atoms. The third-order valence-electron chi connectivity index (χ3n) is 3.60. The first-order chi connectivity index (χ1) is 9.47. The molecule has 0 unspecified atom stereocenters. The minimum atomic E-state index is -0.316. The van der Waals surface area contributed by atoms with Gasteiger partial charge in [0.15, 0.2) is 0 Å². The van der Waals surface area contributed by atoms with Crippen LogP contribution in [0.5, 0.6) is 0 Å². The fraction of sp³-hybridized carbons (Fsp3) is 0.692. The maximum absolute atomic E-state index is 12.5. The Kier molecular flexibility index (Phi) is 3.33.